The minimum atomic E-state index is -0.381. The fourth-order valence-corrected chi connectivity index (χ4v) is 2.55. The van der Waals surface area contributed by atoms with E-state index in [9.17, 15) is 9.59 Å². The lowest BCUT2D eigenvalue weighted by Crippen LogP contribution is -2.12. The van der Waals surface area contributed by atoms with Crippen LogP contribution in [0.25, 0.3) is 11.4 Å². The Morgan fingerprint density at radius 2 is 2.00 bits per heavy atom. The van der Waals surface area contributed by atoms with Gasteiger partial charge < -0.3 is 9.72 Å². The molecule has 3 heterocycles. The van der Waals surface area contributed by atoms with Crippen molar-refractivity contribution in [2.45, 2.75) is 40.3 Å². The molecule has 3 aromatic heterocycles. The third-order valence-electron chi connectivity index (χ3n) is 3.74. The van der Waals surface area contributed by atoms with Gasteiger partial charge in [0.25, 0.3) is 0 Å². The van der Waals surface area contributed by atoms with Crippen molar-refractivity contribution in [1.82, 2.24) is 19.7 Å². The lowest BCUT2D eigenvalue weighted by Gasteiger charge is -2.14. The highest BCUT2D eigenvalue weighted by molar-refractivity contribution is 5.77. The first-order valence-electron chi connectivity index (χ1n) is 8.89. The van der Waals surface area contributed by atoms with Crippen LogP contribution in [-0.4, -0.2) is 26.0 Å². The van der Waals surface area contributed by atoms with Crippen LogP contribution in [0.15, 0.2) is 47.7 Å². The molecular formula is C20H24N4O3. The van der Waals surface area contributed by atoms with E-state index in [4.69, 9.17) is 4.74 Å². The summed E-state index contributed by atoms with van der Waals surface area (Å²) < 4.78 is 7.56. The normalized spacial score (nSPS) is 10.3. The number of H-pyrrole nitrogens is 1. The molecule has 0 amide bonds. The van der Waals surface area contributed by atoms with Gasteiger partial charge in [0.2, 0.25) is 5.88 Å². The summed E-state index contributed by atoms with van der Waals surface area (Å²) in [5.74, 6) is 0.148. The van der Waals surface area contributed by atoms with Gasteiger partial charge in [0.1, 0.15) is 12.2 Å². The number of ether oxygens (including phenoxy) is 1. The molecular weight excluding hydrogens is 344 g/mol. The Hall–Kier alpha value is -3.22. The van der Waals surface area contributed by atoms with Gasteiger partial charge in [-0.15, -0.1) is 0 Å². The average molecular weight is 368 g/mol. The molecule has 0 bridgehead atoms. The Morgan fingerprint density at radius 1 is 1.22 bits per heavy atom. The van der Waals surface area contributed by atoms with Crippen molar-refractivity contribution in [3.05, 3.63) is 64.2 Å². The minimum absolute atomic E-state index is 0.0276. The van der Waals surface area contributed by atoms with Gasteiger partial charge in [0.05, 0.1) is 11.4 Å². The molecule has 0 aliphatic rings. The van der Waals surface area contributed by atoms with Crippen LogP contribution in [0.4, 0.5) is 0 Å². The Labute approximate surface area is 158 Å². The second-order valence-corrected chi connectivity index (χ2v) is 5.76. The summed E-state index contributed by atoms with van der Waals surface area (Å²) in [5.41, 5.74) is 2.05. The average Bonchev–Trinajstić information content (AvgIpc) is 3.18. The predicted molar refractivity (Wildman–Crippen MR) is 104 cm³/mol. The number of hydrogen-bond acceptors (Lipinski definition) is 5. The molecule has 0 aromatic carbocycles. The van der Waals surface area contributed by atoms with Crippen LogP contribution in [-0.2, 0) is 6.61 Å². The van der Waals surface area contributed by atoms with Crippen molar-refractivity contribution >= 4 is 6.29 Å². The van der Waals surface area contributed by atoms with Gasteiger partial charge in [0, 0.05) is 36.3 Å². The second-order valence-electron chi connectivity index (χ2n) is 5.76. The number of aromatic amines is 1. The number of nitrogens with one attached hydrogen (secondary N) is 1. The third kappa shape index (κ3) is 4.49. The first-order chi connectivity index (χ1) is 13.1. The minimum Gasteiger partial charge on any atom is -0.473 e. The molecule has 27 heavy (non-hydrogen) atoms. The highest BCUT2D eigenvalue weighted by atomic mass is 16.5. The Balaban J connectivity index is 0.00000126. The fraction of sp³-hybridized carbons (Fsp3) is 0.300. The van der Waals surface area contributed by atoms with E-state index in [1.54, 1.807) is 12.4 Å². The molecule has 0 unspecified atom stereocenters. The summed E-state index contributed by atoms with van der Waals surface area (Å²) in [6.45, 7) is 8.24. The fourth-order valence-electron chi connectivity index (χ4n) is 2.55. The number of pyridine rings is 2. The van der Waals surface area contributed by atoms with Crippen LogP contribution in [0.3, 0.4) is 0 Å². The molecule has 3 aromatic rings. The number of carbonyl (C=O) groups is 1. The van der Waals surface area contributed by atoms with Gasteiger partial charge in [-0.3, -0.25) is 19.3 Å². The summed E-state index contributed by atoms with van der Waals surface area (Å²) in [7, 11) is 0. The highest BCUT2D eigenvalue weighted by Crippen LogP contribution is 2.24. The molecule has 0 atom stereocenters. The number of aromatic nitrogens is 4. The van der Waals surface area contributed by atoms with E-state index in [0.717, 1.165) is 17.0 Å². The topological polar surface area (TPSA) is 89.9 Å². The Morgan fingerprint density at radius 3 is 2.70 bits per heavy atom. The SMILES string of the molecule is CC.CC(C)n1nccc1-c1ncccc1COc1[nH]ccc(=O)c1C=O. The molecule has 0 fully saturated rings. The van der Waals surface area contributed by atoms with Crippen molar-refractivity contribution in [3.63, 3.8) is 0 Å². The predicted octanol–water partition coefficient (Wildman–Crippen LogP) is 3.63. The maximum atomic E-state index is 11.7. The highest BCUT2D eigenvalue weighted by Gasteiger charge is 2.15. The molecule has 7 nitrogen and oxygen atoms in total. The van der Waals surface area contributed by atoms with Gasteiger partial charge >= 0.3 is 0 Å². The molecule has 0 aliphatic carbocycles. The van der Waals surface area contributed by atoms with Crippen molar-refractivity contribution in [2.75, 3.05) is 0 Å². The van der Waals surface area contributed by atoms with E-state index >= 15 is 0 Å². The molecule has 3 rings (SSSR count). The van der Waals surface area contributed by atoms with Gasteiger partial charge in [0.15, 0.2) is 11.7 Å². The van der Waals surface area contributed by atoms with Crippen LogP contribution in [0.1, 0.15) is 49.7 Å². The lowest BCUT2D eigenvalue weighted by molar-refractivity contribution is 0.111. The van der Waals surface area contributed by atoms with Gasteiger partial charge in [-0.1, -0.05) is 19.9 Å². The molecule has 0 spiro atoms. The van der Waals surface area contributed by atoms with Gasteiger partial charge in [-0.2, -0.15) is 5.10 Å². The van der Waals surface area contributed by atoms with E-state index in [2.05, 4.69) is 15.1 Å². The molecule has 0 aliphatic heterocycles. The van der Waals surface area contributed by atoms with E-state index in [1.807, 2.05) is 50.6 Å². The number of hydrogen-bond donors (Lipinski definition) is 1. The summed E-state index contributed by atoms with van der Waals surface area (Å²) in [6.07, 6.45) is 5.38. The van der Waals surface area contributed by atoms with Crippen LogP contribution in [0, 0.1) is 0 Å². The molecule has 7 heteroatoms. The Kier molecular flexibility index (Phi) is 7.05. The summed E-state index contributed by atoms with van der Waals surface area (Å²) >= 11 is 0. The quantitative estimate of drug-likeness (QED) is 0.671. The van der Waals surface area contributed by atoms with Crippen LogP contribution in [0.2, 0.25) is 0 Å². The standard InChI is InChI=1S/C18H18N4O3.C2H6/c1-12(2)22-15(5-9-21-22)17-13(4-3-7-19-17)11-25-18-14(10-23)16(24)6-8-20-18;1-2/h3-10,12H,11H2,1-2H3,(H,20,24);1-2H3. The molecule has 0 saturated heterocycles. The maximum Gasteiger partial charge on any atom is 0.205 e. The van der Waals surface area contributed by atoms with E-state index in [1.165, 1.54) is 12.3 Å². The Bertz CT molecular complexity index is 944. The summed E-state index contributed by atoms with van der Waals surface area (Å²) in [5, 5.41) is 4.33. The zero-order valence-corrected chi connectivity index (χ0v) is 16.0. The first kappa shape index (κ1) is 20.1. The van der Waals surface area contributed by atoms with E-state index in [0.29, 0.717) is 6.29 Å². The van der Waals surface area contributed by atoms with Gasteiger partial charge in [-0.05, 0) is 26.0 Å². The lowest BCUT2D eigenvalue weighted by atomic mass is 10.1. The number of carbonyl (C=O) groups excluding carboxylic acids is 1. The van der Waals surface area contributed by atoms with Crippen LogP contribution < -0.4 is 10.2 Å². The summed E-state index contributed by atoms with van der Waals surface area (Å²) in [6, 6.07) is 7.07. The number of nitrogens with zero attached hydrogens (tertiary/aromatic N) is 3. The second kappa shape index (κ2) is 9.47. The summed E-state index contributed by atoms with van der Waals surface area (Å²) in [4.78, 5) is 30.1. The van der Waals surface area contributed by atoms with E-state index < -0.39 is 0 Å². The molecule has 0 saturated carbocycles. The van der Waals surface area contributed by atoms with E-state index in [-0.39, 0.29) is 29.5 Å². The molecule has 0 radical (unpaired) electrons. The van der Waals surface area contributed by atoms with Gasteiger partial charge in [-0.25, -0.2) is 0 Å². The van der Waals surface area contributed by atoms with Crippen LogP contribution in [0.5, 0.6) is 5.88 Å². The van der Waals surface area contributed by atoms with Crippen molar-refractivity contribution in [2.24, 2.45) is 0 Å². The van der Waals surface area contributed by atoms with Crippen molar-refractivity contribution < 1.29 is 9.53 Å². The van der Waals surface area contributed by atoms with Crippen molar-refractivity contribution in [3.8, 4) is 17.3 Å². The zero-order chi connectivity index (χ0) is 19.8. The molecule has 142 valence electrons. The zero-order valence-electron chi connectivity index (χ0n) is 16.0. The number of rotatable bonds is 6. The van der Waals surface area contributed by atoms with Crippen molar-refractivity contribution in [1.29, 1.82) is 0 Å². The smallest absolute Gasteiger partial charge is 0.205 e. The third-order valence-corrected chi connectivity index (χ3v) is 3.74. The largest absolute Gasteiger partial charge is 0.473 e. The van der Waals surface area contributed by atoms with Crippen LogP contribution >= 0.6 is 0 Å². The first-order valence-corrected chi connectivity index (χ1v) is 8.89. The molecule has 1 N–H and O–H groups in total. The monoisotopic (exact) mass is 368 g/mol. The number of aldehydes is 1. The maximum absolute atomic E-state index is 11.7.